The number of rotatable bonds is 5. The van der Waals surface area contributed by atoms with Crippen LogP contribution in [-0.2, 0) is 11.3 Å². The number of amides is 1. The first kappa shape index (κ1) is 14.8. The SMILES string of the molecule is CNC(=O)C1CCCN1c1ccc(CNC(C)C)cn1. The molecular formula is C15H24N4O. The van der Waals surface area contributed by atoms with Crippen LogP contribution in [0, 0.1) is 0 Å². The van der Waals surface area contributed by atoms with Crippen molar-refractivity contribution in [3.63, 3.8) is 0 Å². The van der Waals surface area contributed by atoms with Crippen LogP contribution in [0.2, 0.25) is 0 Å². The van der Waals surface area contributed by atoms with Crippen molar-refractivity contribution in [2.45, 2.75) is 45.3 Å². The van der Waals surface area contributed by atoms with E-state index in [2.05, 4.69) is 40.4 Å². The number of hydrogen-bond donors (Lipinski definition) is 2. The number of nitrogens with zero attached hydrogens (tertiary/aromatic N) is 2. The van der Waals surface area contributed by atoms with E-state index in [4.69, 9.17) is 0 Å². The highest BCUT2D eigenvalue weighted by Crippen LogP contribution is 2.23. The van der Waals surface area contributed by atoms with Crippen LogP contribution < -0.4 is 15.5 Å². The third-order valence-corrected chi connectivity index (χ3v) is 3.62. The third kappa shape index (κ3) is 3.48. The lowest BCUT2D eigenvalue weighted by Crippen LogP contribution is -2.42. The molecule has 1 saturated heterocycles. The lowest BCUT2D eigenvalue weighted by Gasteiger charge is -2.24. The maximum atomic E-state index is 11.9. The molecule has 1 aliphatic heterocycles. The van der Waals surface area contributed by atoms with Gasteiger partial charge in [0.25, 0.3) is 0 Å². The molecule has 1 aromatic heterocycles. The van der Waals surface area contributed by atoms with Crippen LogP contribution in [0.3, 0.4) is 0 Å². The standard InChI is InChI=1S/C15H24N4O/c1-11(2)17-9-12-6-7-14(18-10-12)19-8-4-5-13(19)15(20)16-3/h6-7,10-11,13,17H,4-5,8-9H2,1-3H3,(H,16,20). The Bertz CT molecular complexity index is 444. The molecule has 0 spiro atoms. The Morgan fingerprint density at radius 3 is 2.90 bits per heavy atom. The molecule has 0 radical (unpaired) electrons. The molecule has 0 bridgehead atoms. The largest absolute Gasteiger partial charge is 0.357 e. The van der Waals surface area contributed by atoms with Gasteiger partial charge < -0.3 is 15.5 Å². The van der Waals surface area contributed by atoms with E-state index >= 15 is 0 Å². The first-order chi connectivity index (χ1) is 9.61. The Labute approximate surface area is 120 Å². The summed E-state index contributed by atoms with van der Waals surface area (Å²) < 4.78 is 0. The monoisotopic (exact) mass is 276 g/mol. The van der Waals surface area contributed by atoms with Crippen molar-refractivity contribution in [1.29, 1.82) is 0 Å². The number of anilines is 1. The van der Waals surface area contributed by atoms with Gasteiger partial charge >= 0.3 is 0 Å². The van der Waals surface area contributed by atoms with Crippen molar-refractivity contribution in [3.8, 4) is 0 Å². The zero-order valence-corrected chi connectivity index (χ0v) is 12.5. The zero-order chi connectivity index (χ0) is 14.5. The fraction of sp³-hybridized carbons (Fsp3) is 0.600. The maximum Gasteiger partial charge on any atom is 0.242 e. The summed E-state index contributed by atoms with van der Waals surface area (Å²) in [4.78, 5) is 18.5. The van der Waals surface area contributed by atoms with Gasteiger partial charge in [-0.3, -0.25) is 4.79 Å². The highest BCUT2D eigenvalue weighted by atomic mass is 16.2. The molecule has 5 nitrogen and oxygen atoms in total. The maximum absolute atomic E-state index is 11.9. The number of aromatic nitrogens is 1. The highest BCUT2D eigenvalue weighted by Gasteiger charge is 2.30. The molecule has 2 N–H and O–H groups in total. The number of likely N-dealkylation sites (N-methyl/N-ethyl adjacent to an activating group) is 1. The Morgan fingerprint density at radius 1 is 1.50 bits per heavy atom. The Morgan fingerprint density at radius 2 is 2.30 bits per heavy atom. The van der Waals surface area contributed by atoms with Crippen molar-refractivity contribution in [2.24, 2.45) is 0 Å². The van der Waals surface area contributed by atoms with Crippen LogP contribution in [0.4, 0.5) is 5.82 Å². The molecule has 0 aromatic carbocycles. The number of nitrogens with one attached hydrogen (secondary N) is 2. The first-order valence-electron chi connectivity index (χ1n) is 7.28. The summed E-state index contributed by atoms with van der Waals surface area (Å²) in [6, 6.07) is 4.48. The van der Waals surface area contributed by atoms with Crippen LogP contribution in [0.25, 0.3) is 0 Å². The fourth-order valence-corrected chi connectivity index (χ4v) is 2.49. The summed E-state index contributed by atoms with van der Waals surface area (Å²) in [6.45, 7) is 5.97. The fourth-order valence-electron chi connectivity index (χ4n) is 2.49. The van der Waals surface area contributed by atoms with Crippen LogP contribution in [0.5, 0.6) is 0 Å². The summed E-state index contributed by atoms with van der Waals surface area (Å²) in [5.41, 5.74) is 1.16. The van der Waals surface area contributed by atoms with E-state index in [1.54, 1.807) is 7.05 Å². The van der Waals surface area contributed by atoms with Gasteiger partial charge in [-0.2, -0.15) is 0 Å². The van der Waals surface area contributed by atoms with Crippen molar-refractivity contribution in [3.05, 3.63) is 23.9 Å². The van der Waals surface area contributed by atoms with E-state index in [1.807, 2.05) is 12.3 Å². The number of carbonyl (C=O) groups excluding carboxylic acids is 1. The van der Waals surface area contributed by atoms with Crippen molar-refractivity contribution in [2.75, 3.05) is 18.5 Å². The molecule has 1 amide bonds. The predicted octanol–water partition coefficient (Wildman–Crippen LogP) is 1.29. The predicted molar refractivity (Wildman–Crippen MR) is 80.6 cm³/mol. The molecule has 2 rings (SSSR count). The normalized spacial score (nSPS) is 18.6. The van der Waals surface area contributed by atoms with E-state index in [0.29, 0.717) is 6.04 Å². The Kier molecular flexibility index (Phi) is 4.95. The summed E-state index contributed by atoms with van der Waals surface area (Å²) >= 11 is 0. The average Bonchev–Trinajstić information content (AvgIpc) is 2.94. The smallest absolute Gasteiger partial charge is 0.242 e. The van der Waals surface area contributed by atoms with Gasteiger partial charge in [-0.25, -0.2) is 4.98 Å². The summed E-state index contributed by atoms with van der Waals surface area (Å²) in [5.74, 6) is 0.972. The van der Waals surface area contributed by atoms with Gasteiger partial charge in [0.2, 0.25) is 5.91 Å². The average molecular weight is 276 g/mol. The number of hydrogen-bond acceptors (Lipinski definition) is 4. The second kappa shape index (κ2) is 6.70. The Balaban J connectivity index is 2.03. The van der Waals surface area contributed by atoms with Crippen molar-refractivity contribution < 1.29 is 4.79 Å². The highest BCUT2D eigenvalue weighted by molar-refractivity contribution is 5.85. The van der Waals surface area contributed by atoms with E-state index in [0.717, 1.165) is 37.3 Å². The second-order valence-electron chi connectivity index (χ2n) is 5.53. The van der Waals surface area contributed by atoms with Crippen LogP contribution in [-0.4, -0.2) is 36.6 Å². The van der Waals surface area contributed by atoms with Crippen LogP contribution >= 0.6 is 0 Å². The van der Waals surface area contributed by atoms with Gasteiger partial charge in [0.15, 0.2) is 0 Å². The molecule has 2 heterocycles. The molecule has 20 heavy (non-hydrogen) atoms. The summed E-state index contributed by atoms with van der Waals surface area (Å²) in [6.07, 6.45) is 3.83. The lowest BCUT2D eigenvalue weighted by molar-refractivity contribution is -0.121. The number of carbonyl (C=O) groups is 1. The van der Waals surface area contributed by atoms with E-state index in [-0.39, 0.29) is 11.9 Å². The van der Waals surface area contributed by atoms with Crippen LogP contribution in [0.1, 0.15) is 32.3 Å². The van der Waals surface area contributed by atoms with Crippen molar-refractivity contribution in [1.82, 2.24) is 15.6 Å². The molecule has 1 unspecified atom stereocenters. The minimum atomic E-state index is -0.0767. The van der Waals surface area contributed by atoms with Gasteiger partial charge in [0, 0.05) is 32.4 Å². The molecular weight excluding hydrogens is 252 g/mol. The summed E-state index contributed by atoms with van der Waals surface area (Å²) in [5, 5.41) is 6.10. The van der Waals surface area contributed by atoms with Crippen molar-refractivity contribution >= 4 is 11.7 Å². The van der Waals surface area contributed by atoms with Gasteiger partial charge in [-0.05, 0) is 24.5 Å². The van der Waals surface area contributed by atoms with Gasteiger partial charge in [-0.1, -0.05) is 19.9 Å². The Hall–Kier alpha value is -1.62. The molecule has 1 aliphatic rings. The topological polar surface area (TPSA) is 57.3 Å². The number of pyridine rings is 1. The van der Waals surface area contributed by atoms with E-state index in [1.165, 1.54) is 0 Å². The molecule has 5 heteroatoms. The first-order valence-corrected chi connectivity index (χ1v) is 7.28. The second-order valence-corrected chi connectivity index (χ2v) is 5.53. The third-order valence-electron chi connectivity index (χ3n) is 3.62. The molecule has 110 valence electrons. The lowest BCUT2D eigenvalue weighted by atomic mass is 10.2. The van der Waals surface area contributed by atoms with E-state index in [9.17, 15) is 4.79 Å². The van der Waals surface area contributed by atoms with Gasteiger partial charge in [-0.15, -0.1) is 0 Å². The van der Waals surface area contributed by atoms with Gasteiger partial charge in [0.05, 0.1) is 0 Å². The minimum Gasteiger partial charge on any atom is -0.357 e. The quantitative estimate of drug-likeness (QED) is 0.851. The van der Waals surface area contributed by atoms with Crippen LogP contribution in [0.15, 0.2) is 18.3 Å². The molecule has 1 fully saturated rings. The molecule has 0 aliphatic carbocycles. The van der Waals surface area contributed by atoms with E-state index < -0.39 is 0 Å². The minimum absolute atomic E-state index is 0.0767. The zero-order valence-electron chi connectivity index (χ0n) is 12.5. The van der Waals surface area contributed by atoms with Gasteiger partial charge in [0.1, 0.15) is 11.9 Å². The molecule has 1 aromatic rings. The molecule has 0 saturated carbocycles. The summed E-state index contributed by atoms with van der Waals surface area (Å²) in [7, 11) is 1.69. The molecule has 1 atom stereocenters.